The van der Waals surface area contributed by atoms with Crippen LogP contribution < -0.4 is 47.9 Å². The minimum Gasteiger partial charge on any atom is -0.462 e. The maximum absolute atomic E-state index is 14.6. The molecule has 2 aliphatic rings. The van der Waals surface area contributed by atoms with E-state index in [1.807, 2.05) is 72.7 Å². The van der Waals surface area contributed by atoms with Crippen LogP contribution >= 0.6 is 23.4 Å². The number of aryl methyl sites for hydroxylation is 1. The molecule has 0 spiro atoms. The van der Waals surface area contributed by atoms with Crippen LogP contribution in [0.25, 0.3) is 0 Å². The Morgan fingerprint density at radius 3 is 1.70 bits per heavy atom. The highest BCUT2D eigenvalue weighted by Gasteiger charge is 2.36. The Morgan fingerprint density at radius 1 is 0.587 bits per heavy atom. The summed E-state index contributed by atoms with van der Waals surface area (Å²) in [5.74, 6) is -5.43. The monoisotopic (exact) mass is 1330 g/mol. The number of piperidine rings is 1. The zero-order chi connectivity index (χ0) is 67.9. The molecule has 0 bridgehead atoms. The number of carbonyl (C=O) groups excluding carboxylic acids is 10. The lowest BCUT2D eigenvalue weighted by Gasteiger charge is -2.29. The first-order valence-corrected chi connectivity index (χ1v) is 34.3. The Morgan fingerprint density at radius 2 is 1.13 bits per heavy atom. The number of benzene rings is 2. The molecule has 1 aliphatic carbocycles. The molecular formula is C67H104ClN9O14S. The SMILES string of the molecule is Cc1ccc(CSC[C@H](NC(=O)OC(C)(C)C)C(=O)N[C@@H](CC(C)C)C(=O)N[C@@H](C)C(=O)N[C@@H](CCC(=O)OC2CCCCC2)C(=O)N[C@@H](CC(C)C)C(=O)N[C@@H](CC(C)C)C(=O)N[C@@H](CCCCNC(=O)OCc2ccccc2Cl)C(=O)OC2CCCNC2)cc1. The molecule has 9 N–H and O–H groups in total. The maximum atomic E-state index is 14.6. The van der Waals surface area contributed by atoms with Crippen molar-refractivity contribution in [1.82, 2.24) is 47.9 Å². The molecule has 4 rings (SSSR count). The topological polar surface area (TPSA) is 316 Å². The van der Waals surface area contributed by atoms with Gasteiger partial charge in [0.15, 0.2) is 0 Å². The predicted octanol–water partition coefficient (Wildman–Crippen LogP) is 7.89. The van der Waals surface area contributed by atoms with Gasteiger partial charge in [0.25, 0.3) is 0 Å². The van der Waals surface area contributed by atoms with Crippen LogP contribution in [0.5, 0.6) is 0 Å². The van der Waals surface area contributed by atoms with E-state index in [4.69, 9.17) is 30.5 Å². The number of rotatable bonds is 36. The molecule has 92 heavy (non-hydrogen) atoms. The van der Waals surface area contributed by atoms with Crippen molar-refractivity contribution in [3.05, 3.63) is 70.2 Å². The standard InChI is InChI=1S/C67H104ClN9O14S/c1-41(2)34-53(76-63(84)56(77-66(87)91-67(9,10)11)40-92-39-46-28-26-44(7)27-29-46)60(81)71-45(8)58(79)72-51(30-31-57(78)89-48-21-13-12-14-22-48)59(80)74-55(36-43(5)6)62(83)75-54(35-42(3)4)61(82)73-52(64(85)90-49-23-19-32-69-37-49)25-17-18-33-70-65(86)88-38-47-20-15-16-24-50(47)68/h15-16,20,24,26-29,41-43,45,48-49,51-56,69H,12-14,17-19,21-23,25,30-40H2,1-11H3,(H,70,86)(H,71,81)(H,72,79)(H,73,82)(H,74,80)(H,75,83)(H,76,84)(H,77,87)/t45-,49?,51-,52-,53-,54-,55-,56-/m0/s1. The number of thioether (sulfide) groups is 1. The van der Waals surface area contributed by atoms with Gasteiger partial charge in [0, 0.05) is 41.6 Å². The van der Waals surface area contributed by atoms with Crippen molar-refractivity contribution in [2.24, 2.45) is 17.8 Å². The van der Waals surface area contributed by atoms with Gasteiger partial charge in [-0.15, -0.1) is 0 Å². The molecule has 0 radical (unpaired) electrons. The van der Waals surface area contributed by atoms with Gasteiger partial charge in [0.1, 0.15) is 66.7 Å². The van der Waals surface area contributed by atoms with E-state index < -0.39 is 114 Å². The molecule has 514 valence electrons. The van der Waals surface area contributed by atoms with Crippen molar-refractivity contribution in [1.29, 1.82) is 0 Å². The average molecular weight is 1330 g/mol. The maximum Gasteiger partial charge on any atom is 0.408 e. The van der Waals surface area contributed by atoms with Crippen LogP contribution in [0.2, 0.25) is 5.02 Å². The summed E-state index contributed by atoms with van der Waals surface area (Å²) < 4.78 is 22.5. The highest BCUT2D eigenvalue weighted by atomic mass is 35.5. The summed E-state index contributed by atoms with van der Waals surface area (Å²) in [6.07, 6.45) is 4.23. The van der Waals surface area contributed by atoms with Crippen molar-refractivity contribution < 1.29 is 66.9 Å². The first-order valence-electron chi connectivity index (χ1n) is 32.7. The van der Waals surface area contributed by atoms with Gasteiger partial charge in [-0.3, -0.25) is 33.6 Å². The Kier molecular flexibility index (Phi) is 34.2. The third-order valence-corrected chi connectivity index (χ3v) is 16.7. The lowest BCUT2D eigenvalue weighted by molar-refractivity contribution is -0.154. The molecule has 2 aromatic rings. The van der Waals surface area contributed by atoms with Gasteiger partial charge < -0.3 is 66.8 Å². The zero-order valence-electron chi connectivity index (χ0n) is 55.9. The zero-order valence-corrected chi connectivity index (χ0v) is 57.5. The first-order chi connectivity index (χ1) is 43.5. The molecule has 0 aromatic heterocycles. The second-order valence-corrected chi connectivity index (χ2v) is 27.8. The predicted molar refractivity (Wildman–Crippen MR) is 354 cm³/mol. The van der Waals surface area contributed by atoms with Crippen molar-refractivity contribution in [3.63, 3.8) is 0 Å². The van der Waals surface area contributed by atoms with E-state index in [2.05, 4.69) is 47.9 Å². The second-order valence-electron chi connectivity index (χ2n) is 26.4. The van der Waals surface area contributed by atoms with Crippen LogP contribution in [-0.4, -0.2) is 145 Å². The van der Waals surface area contributed by atoms with E-state index in [1.165, 1.54) is 18.7 Å². The summed E-state index contributed by atoms with van der Waals surface area (Å²) in [6.45, 7) is 21.0. The average Bonchev–Trinajstić information content (AvgIpc) is 1.34. The Labute approximate surface area is 553 Å². The molecule has 8 amide bonds. The van der Waals surface area contributed by atoms with Gasteiger partial charge in [-0.05, 0) is 154 Å². The van der Waals surface area contributed by atoms with Gasteiger partial charge in [-0.2, -0.15) is 11.8 Å². The fourth-order valence-electron chi connectivity index (χ4n) is 10.3. The van der Waals surface area contributed by atoms with Crippen LogP contribution in [0.3, 0.4) is 0 Å². The summed E-state index contributed by atoms with van der Waals surface area (Å²) in [5.41, 5.74) is 1.89. The highest BCUT2D eigenvalue weighted by molar-refractivity contribution is 7.98. The molecule has 1 heterocycles. The van der Waals surface area contributed by atoms with Gasteiger partial charge in [0.2, 0.25) is 35.4 Å². The molecule has 1 aliphatic heterocycles. The number of unbranched alkanes of at least 4 members (excludes halogenated alkanes) is 1. The van der Waals surface area contributed by atoms with E-state index in [-0.39, 0.29) is 81.3 Å². The number of ether oxygens (including phenoxy) is 4. The van der Waals surface area contributed by atoms with E-state index in [0.29, 0.717) is 55.0 Å². The van der Waals surface area contributed by atoms with E-state index in [1.54, 1.807) is 45.0 Å². The lowest BCUT2D eigenvalue weighted by Crippen LogP contribution is -2.60. The number of hydrogen-bond acceptors (Lipinski definition) is 16. The van der Waals surface area contributed by atoms with Crippen molar-refractivity contribution in [3.8, 4) is 0 Å². The third kappa shape index (κ3) is 30.8. The molecule has 2 aromatic carbocycles. The van der Waals surface area contributed by atoms with Gasteiger partial charge in [-0.25, -0.2) is 14.4 Å². The highest BCUT2D eigenvalue weighted by Crippen LogP contribution is 2.22. The summed E-state index contributed by atoms with van der Waals surface area (Å²) in [4.78, 5) is 139. The summed E-state index contributed by atoms with van der Waals surface area (Å²) >= 11 is 7.61. The first kappa shape index (κ1) is 77.8. The fourth-order valence-corrected chi connectivity index (χ4v) is 11.5. The van der Waals surface area contributed by atoms with E-state index in [0.717, 1.165) is 43.4 Å². The summed E-state index contributed by atoms with van der Waals surface area (Å²) in [7, 11) is 0. The van der Waals surface area contributed by atoms with E-state index >= 15 is 0 Å². The second kappa shape index (κ2) is 40.5. The van der Waals surface area contributed by atoms with Crippen LogP contribution in [0.15, 0.2) is 48.5 Å². The third-order valence-electron chi connectivity index (χ3n) is 15.2. The van der Waals surface area contributed by atoms with Crippen LogP contribution in [-0.2, 0) is 69.7 Å². The largest absolute Gasteiger partial charge is 0.462 e. The van der Waals surface area contributed by atoms with E-state index in [9.17, 15) is 47.9 Å². The Balaban J connectivity index is 1.50. The number of halogens is 1. The lowest BCUT2D eigenvalue weighted by atomic mass is 9.98. The fraction of sp³-hybridized carbons (Fsp3) is 0.672. The van der Waals surface area contributed by atoms with Crippen LogP contribution in [0.1, 0.15) is 182 Å². The number of esters is 2. The van der Waals surface area contributed by atoms with Crippen LogP contribution in [0.4, 0.5) is 9.59 Å². The minimum absolute atomic E-state index is 0.0255. The van der Waals surface area contributed by atoms with Crippen molar-refractivity contribution >= 4 is 82.9 Å². The van der Waals surface area contributed by atoms with Gasteiger partial charge >= 0.3 is 24.1 Å². The normalized spacial score (nSPS) is 16.7. The Hall–Kier alpha value is -6.66. The quantitative estimate of drug-likeness (QED) is 0.0178. The molecule has 1 unspecified atom stereocenters. The number of nitrogens with one attached hydrogen (secondary N) is 9. The van der Waals surface area contributed by atoms with Crippen molar-refractivity contribution in [2.45, 2.75) is 245 Å². The number of alkyl carbamates (subject to hydrolysis) is 2. The Bertz CT molecular complexity index is 2700. The van der Waals surface area contributed by atoms with Crippen LogP contribution in [0, 0.1) is 24.7 Å². The molecule has 2 fully saturated rings. The van der Waals surface area contributed by atoms with Gasteiger partial charge in [-0.1, -0.05) is 108 Å². The molecular weight excluding hydrogens is 1220 g/mol. The number of carbonyl (C=O) groups is 10. The number of hydrogen-bond donors (Lipinski definition) is 9. The molecule has 1 saturated carbocycles. The smallest absolute Gasteiger partial charge is 0.408 e. The summed E-state index contributed by atoms with van der Waals surface area (Å²) in [5, 5.41) is 25.6. The molecule has 1 saturated heterocycles. The minimum atomic E-state index is -1.44. The van der Waals surface area contributed by atoms with Crippen molar-refractivity contribution in [2.75, 3.05) is 25.4 Å². The van der Waals surface area contributed by atoms with Gasteiger partial charge in [0.05, 0.1) is 0 Å². The summed E-state index contributed by atoms with van der Waals surface area (Å²) in [6, 6.07) is 6.28. The molecule has 25 heteroatoms. The number of amides is 8. The molecule has 8 atom stereocenters. The molecule has 23 nitrogen and oxygen atoms in total.